The summed E-state index contributed by atoms with van der Waals surface area (Å²) in [6.07, 6.45) is 2.19. The molecule has 162 valence electrons. The highest BCUT2D eigenvalue weighted by Crippen LogP contribution is 2.38. The van der Waals surface area contributed by atoms with E-state index in [0.29, 0.717) is 0 Å². The maximum atomic E-state index is 6.27. The minimum absolute atomic E-state index is 0.726. The summed E-state index contributed by atoms with van der Waals surface area (Å²) in [5, 5.41) is 4.43. The van der Waals surface area contributed by atoms with Gasteiger partial charge in [-0.05, 0) is 66.7 Å². The first-order chi connectivity index (χ1) is 16.7. The highest BCUT2D eigenvalue weighted by atomic mass is 79.9. The minimum Gasteiger partial charge on any atom is -0.351 e. The normalized spacial score (nSPS) is 11.8. The van der Waals surface area contributed by atoms with Crippen LogP contribution in [0, 0.1) is 0 Å². The van der Waals surface area contributed by atoms with Gasteiger partial charge in [0, 0.05) is 36.7 Å². The van der Waals surface area contributed by atoms with Crippen molar-refractivity contribution in [2.24, 2.45) is 0 Å². The second-order valence-corrected chi connectivity index (χ2v) is 9.83. The number of nitrogens with zero attached hydrogens (tertiary/aromatic N) is 2. The Morgan fingerprint density at radius 1 is 0.765 bits per heavy atom. The monoisotopic (exact) mass is 522 g/mol. The van der Waals surface area contributed by atoms with E-state index in [1.807, 2.05) is 12.1 Å². The molecule has 7 rings (SSSR count). The Labute approximate surface area is 209 Å². The van der Waals surface area contributed by atoms with Crippen molar-refractivity contribution in [2.75, 3.05) is 0 Å². The van der Waals surface area contributed by atoms with Gasteiger partial charge in [-0.15, -0.1) is 0 Å². The predicted molar refractivity (Wildman–Crippen MR) is 144 cm³/mol. The predicted octanol–water partition coefficient (Wildman–Crippen LogP) is 8.09. The molecule has 0 aliphatic carbocycles. The van der Waals surface area contributed by atoms with Crippen molar-refractivity contribution < 1.29 is 4.40 Å². The molecule has 0 saturated carbocycles. The Morgan fingerprint density at radius 3 is 2.26 bits per heavy atom. The summed E-state index contributed by atoms with van der Waals surface area (Å²) in [4.78, 5) is 3.74. The molecule has 5 heteroatoms. The lowest BCUT2D eigenvalue weighted by Gasteiger charge is -2.04. The van der Waals surface area contributed by atoms with Crippen LogP contribution in [0.3, 0.4) is 0 Å². The van der Waals surface area contributed by atoms with Crippen LogP contribution in [-0.2, 0) is 0 Å². The Balaban J connectivity index is 1.75. The third-order valence-electron chi connectivity index (χ3n) is 6.54. The summed E-state index contributed by atoms with van der Waals surface area (Å²) in [5.41, 5.74) is 7.86. The zero-order valence-corrected chi connectivity index (χ0v) is 20.3. The molecule has 0 bridgehead atoms. The molecule has 0 atom stereocenters. The van der Waals surface area contributed by atoms with Crippen LogP contribution in [0.25, 0.3) is 55.2 Å². The number of para-hydroxylation sites is 2. The van der Waals surface area contributed by atoms with Crippen molar-refractivity contribution in [1.29, 1.82) is 0 Å². The number of H-pyrrole nitrogens is 1. The van der Waals surface area contributed by atoms with E-state index in [0.717, 1.165) is 43.0 Å². The number of imidazole rings is 1. The van der Waals surface area contributed by atoms with Crippen LogP contribution in [0.5, 0.6) is 0 Å². The molecule has 4 aromatic carbocycles. The Bertz CT molecular complexity index is 1860. The smallest absolute Gasteiger partial charge is 0.255 e. The van der Waals surface area contributed by atoms with E-state index in [9.17, 15) is 0 Å². The van der Waals surface area contributed by atoms with Crippen molar-refractivity contribution >= 4 is 65.8 Å². The molecule has 34 heavy (non-hydrogen) atoms. The largest absolute Gasteiger partial charge is 0.351 e. The second kappa shape index (κ2) is 7.45. The van der Waals surface area contributed by atoms with Gasteiger partial charge in [0.2, 0.25) is 5.52 Å². The van der Waals surface area contributed by atoms with Gasteiger partial charge < -0.3 is 4.98 Å². The maximum Gasteiger partial charge on any atom is 0.255 e. The van der Waals surface area contributed by atoms with Gasteiger partial charge in [-0.25, -0.2) is 0 Å². The summed E-state index contributed by atoms with van der Waals surface area (Å²) >= 11 is 9.84. The Kier molecular flexibility index (Phi) is 4.35. The van der Waals surface area contributed by atoms with Crippen molar-refractivity contribution in [1.82, 2.24) is 9.55 Å². The van der Waals surface area contributed by atoms with E-state index < -0.39 is 0 Å². The molecule has 0 spiro atoms. The van der Waals surface area contributed by atoms with Crippen LogP contribution in [0.15, 0.2) is 108 Å². The average Bonchev–Trinajstić information content (AvgIpc) is 3.45. The first kappa shape index (κ1) is 19.8. The molecule has 0 radical (unpaired) electrons. The summed E-state index contributed by atoms with van der Waals surface area (Å²) in [7, 11) is 0. The molecule has 0 aliphatic heterocycles. The van der Waals surface area contributed by atoms with Gasteiger partial charge >= 0.3 is 0 Å². The first-order valence-electron chi connectivity index (χ1n) is 11.1. The van der Waals surface area contributed by atoms with Crippen LogP contribution >= 0.6 is 27.5 Å². The van der Waals surface area contributed by atoms with Gasteiger partial charge in [0.25, 0.3) is 6.33 Å². The molecule has 3 nitrogen and oxygen atoms in total. The number of nitrogens with one attached hydrogen (secondary N) is 1. The SMILES string of the molecule is Clc1ccc(-c2c3c4[nH]c5ccccc5c4c4ccccc4[n+]3cn2-c2ccc(Br)cc2)cc1. The fourth-order valence-corrected chi connectivity index (χ4v) is 5.45. The summed E-state index contributed by atoms with van der Waals surface area (Å²) in [6, 6.07) is 33.7. The highest BCUT2D eigenvalue weighted by molar-refractivity contribution is 9.10. The molecule has 7 aromatic rings. The van der Waals surface area contributed by atoms with Crippen molar-refractivity contribution in [3.05, 3.63) is 113 Å². The zero-order chi connectivity index (χ0) is 22.8. The molecule has 0 saturated heterocycles. The topological polar surface area (TPSA) is 24.8 Å². The quantitative estimate of drug-likeness (QED) is 0.222. The fourth-order valence-electron chi connectivity index (χ4n) is 5.06. The van der Waals surface area contributed by atoms with Crippen molar-refractivity contribution in [3.63, 3.8) is 0 Å². The van der Waals surface area contributed by atoms with E-state index in [1.165, 1.54) is 21.7 Å². The van der Waals surface area contributed by atoms with Gasteiger partial charge in [0.1, 0.15) is 11.2 Å². The van der Waals surface area contributed by atoms with Gasteiger partial charge in [-0.3, -0.25) is 0 Å². The van der Waals surface area contributed by atoms with E-state index >= 15 is 0 Å². The molecule has 0 amide bonds. The molecule has 1 N–H and O–H groups in total. The molecular formula is C29H18BrClN3+. The lowest BCUT2D eigenvalue weighted by Crippen LogP contribution is -2.20. The number of halogens is 2. The Morgan fingerprint density at radius 2 is 1.47 bits per heavy atom. The number of aromatic amines is 1. The third kappa shape index (κ3) is 2.86. The third-order valence-corrected chi connectivity index (χ3v) is 7.32. The standard InChI is InChI=1S/C29H18BrClN3/c30-19-11-15-21(16-12-19)33-17-34-25-8-4-2-6-23(25)26-22-5-1-3-7-24(22)32-27(26)29(34)28(33)18-9-13-20(31)14-10-18/h1-17,32H/q+1. The Hall–Kier alpha value is -3.60. The number of rotatable bonds is 2. The lowest BCUT2D eigenvalue weighted by molar-refractivity contribution is -0.480. The van der Waals surface area contributed by atoms with Gasteiger partial charge in [0.15, 0.2) is 5.69 Å². The number of pyridine rings is 1. The molecule has 0 aliphatic rings. The lowest BCUT2D eigenvalue weighted by atomic mass is 10.0. The molecular weight excluding hydrogens is 506 g/mol. The van der Waals surface area contributed by atoms with Crippen LogP contribution in [0.4, 0.5) is 0 Å². The summed E-state index contributed by atoms with van der Waals surface area (Å²) in [5.74, 6) is 0. The molecule has 0 unspecified atom stereocenters. The van der Waals surface area contributed by atoms with Gasteiger partial charge in [0.05, 0.1) is 5.52 Å². The minimum atomic E-state index is 0.726. The van der Waals surface area contributed by atoms with Crippen LogP contribution in [-0.4, -0.2) is 9.55 Å². The van der Waals surface area contributed by atoms with Gasteiger partial charge in [-0.1, -0.05) is 57.9 Å². The summed E-state index contributed by atoms with van der Waals surface area (Å²) in [6.45, 7) is 0. The molecule has 0 fully saturated rings. The molecule has 3 aromatic heterocycles. The van der Waals surface area contributed by atoms with Crippen LogP contribution in [0.1, 0.15) is 0 Å². The number of benzene rings is 4. The number of fused-ring (bicyclic) bond motifs is 8. The number of hydrogen-bond donors (Lipinski definition) is 1. The van der Waals surface area contributed by atoms with E-state index in [-0.39, 0.29) is 0 Å². The number of aromatic nitrogens is 3. The maximum absolute atomic E-state index is 6.27. The first-order valence-corrected chi connectivity index (χ1v) is 12.3. The average molecular weight is 524 g/mol. The summed E-state index contributed by atoms with van der Waals surface area (Å²) < 4.78 is 5.62. The fraction of sp³-hybridized carbons (Fsp3) is 0. The highest BCUT2D eigenvalue weighted by Gasteiger charge is 2.27. The van der Waals surface area contributed by atoms with Crippen molar-refractivity contribution in [2.45, 2.75) is 0 Å². The van der Waals surface area contributed by atoms with E-state index in [2.05, 4.69) is 121 Å². The van der Waals surface area contributed by atoms with E-state index in [1.54, 1.807) is 0 Å². The van der Waals surface area contributed by atoms with Crippen LogP contribution in [0.2, 0.25) is 5.02 Å². The zero-order valence-electron chi connectivity index (χ0n) is 18.0. The van der Waals surface area contributed by atoms with Gasteiger partial charge in [-0.2, -0.15) is 8.97 Å². The van der Waals surface area contributed by atoms with Crippen molar-refractivity contribution in [3.8, 4) is 16.9 Å². The molecule has 3 heterocycles. The van der Waals surface area contributed by atoms with Crippen LogP contribution < -0.4 is 4.40 Å². The second-order valence-electron chi connectivity index (χ2n) is 8.47. The van der Waals surface area contributed by atoms with E-state index in [4.69, 9.17) is 11.6 Å². The number of hydrogen-bond acceptors (Lipinski definition) is 0.